The number of piperidine rings is 1. The first-order chi connectivity index (χ1) is 7.83. The second-order valence-corrected chi connectivity index (χ2v) is 7.58. The molecule has 6 heteroatoms. The van der Waals surface area contributed by atoms with Gasteiger partial charge in [-0.15, -0.1) is 0 Å². The Morgan fingerprint density at radius 2 is 2.18 bits per heavy atom. The smallest absolute Gasteiger partial charge is 0.242 e. The number of amides is 1. The van der Waals surface area contributed by atoms with Crippen molar-refractivity contribution in [2.45, 2.75) is 26.7 Å². The van der Waals surface area contributed by atoms with Gasteiger partial charge >= 0.3 is 0 Å². The zero-order valence-electron chi connectivity index (χ0n) is 10.4. The minimum Gasteiger partial charge on any atom is -0.316 e. The molecule has 0 radical (unpaired) electrons. The van der Waals surface area contributed by atoms with Gasteiger partial charge < -0.3 is 5.32 Å². The number of rotatable bonds is 2. The normalized spacial score (nSPS) is 31.8. The van der Waals surface area contributed by atoms with E-state index in [1.165, 1.54) is 0 Å². The number of nitrogens with one attached hydrogen (secondary N) is 1. The lowest BCUT2D eigenvalue weighted by molar-refractivity contribution is -0.132. The lowest BCUT2D eigenvalue weighted by atomic mass is 9.94. The van der Waals surface area contributed by atoms with Gasteiger partial charge in [0.15, 0.2) is 0 Å². The maximum atomic E-state index is 12.0. The standard InChI is InChI=1S/C11H20N2O3S/c1-11(2)8-17(15,16)13(10(11)14)7-9-4-3-5-12-6-9/h9,12H,3-8H2,1-2H3. The topological polar surface area (TPSA) is 66.5 Å². The van der Waals surface area contributed by atoms with E-state index >= 15 is 0 Å². The summed E-state index contributed by atoms with van der Waals surface area (Å²) >= 11 is 0. The molecule has 1 N–H and O–H groups in total. The van der Waals surface area contributed by atoms with Gasteiger partial charge in [0.05, 0.1) is 11.2 Å². The molecule has 98 valence electrons. The number of carbonyl (C=O) groups excluding carboxylic acids is 1. The molecule has 2 heterocycles. The fraction of sp³-hybridized carbons (Fsp3) is 0.909. The van der Waals surface area contributed by atoms with Gasteiger partial charge in [0.1, 0.15) is 0 Å². The molecule has 17 heavy (non-hydrogen) atoms. The molecule has 2 fully saturated rings. The van der Waals surface area contributed by atoms with Crippen LogP contribution in [0.15, 0.2) is 0 Å². The first-order valence-corrected chi connectivity index (χ1v) is 7.69. The van der Waals surface area contributed by atoms with Crippen LogP contribution in [0.25, 0.3) is 0 Å². The van der Waals surface area contributed by atoms with Crippen molar-refractivity contribution < 1.29 is 13.2 Å². The van der Waals surface area contributed by atoms with Crippen molar-refractivity contribution in [3.63, 3.8) is 0 Å². The molecule has 0 saturated carbocycles. The van der Waals surface area contributed by atoms with Crippen molar-refractivity contribution >= 4 is 15.9 Å². The maximum absolute atomic E-state index is 12.0. The van der Waals surface area contributed by atoms with Gasteiger partial charge in [0.25, 0.3) is 0 Å². The van der Waals surface area contributed by atoms with Crippen LogP contribution in [-0.4, -0.2) is 44.0 Å². The van der Waals surface area contributed by atoms with Crippen molar-refractivity contribution in [1.29, 1.82) is 0 Å². The minimum absolute atomic E-state index is 0.0566. The third kappa shape index (κ3) is 2.47. The molecule has 1 atom stereocenters. The third-order valence-electron chi connectivity index (χ3n) is 3.51. The summed E-state index contributed by atoms with van der Waals surface area (Å²) in [5, 5.41) is 3.24. The van der Waals surface area contributed by atoms with Crippen molar-refractivity contribution in [1.82, 2.24) is 9.62 Å². The highest BCUT2D eigenvalue weighted by molar-refractivity contribution is 7.90. The van der Waals surface area contributed by atoms with E-state index in [0.717, 1.165) is 30.2 Å². The molecule has 0 aliphatic carbocycles. The van der Waals surface area contributed by atoms with Crippen LogP contribution in [-0.2, 0) is 14.8 Å². The van der Waals surface area contributed by atoms with E-state index in [4.69, 9.17) is 0 Å². The molecule has 0 aromatic heterocycles. The Bertz CT molecular complexity index is 410. The van der Waals surface area contributed by atoms with E-state index in [2.05, 4.69) is 5.32 Å². The Hall–Kier alpha value is -0.620. The minimum atomic E-state index is -3.39. The highest BCUT2D eigenvalue weighted by Crippen LogP contribution is 2.32. The van der Waals surface area contributed by atoms with Gasteiger partial charge in [0, 0.05) is 6.54 Å². The van der Waals surface area contributed by atoms with E-state index in [1.807, 2.05) is 0 Å². The van der Waals surface area contributed by atoms with Crippen LogP contribution in [0.1, 0.15) is 26.7 Å². The summed E-state index contributed by atoms with van der Waals surface area (Å²) in [6.45, 7) is 5.54. The average molecular weight is 260 g/mol. The van der Waals surface area contributed by atoms with Crippen molar-refractivity contribution in [3.8, 4) is 0 Å². The molecule has 2 saturated heterocycles. The zero-order valence-corrected chi connectivity index (χ0v) is 11.2. The van der Waals surface area contributed by atoms with Crippen LogP contribution in [0.2, 0.25) is 0 Å². The molecule has 5 nitrogen and oxygen atoms in total. The van der Waals surface area contributed by atoms with E-state index < -0.39 is 15.4 Å². The van der Waals surface area contributed by atoms with Crippen LogP contribution < -0.4 is 5.32 Å². The Labute approximate surface area is 103 Å². The highest BCUT2D eigenvalue weighted by atomic mass is 32.2. The van der Waals surface area contributed by atoms with Crippen molar-refractivity contribution in [2.24, 2.45) is 11.3 Å². The lowest BCUT2D eigenvalue weighted by Gasteiger charge is -2.27. The number of hydrogen-bond donors (Lipinski definition) is 1. The van der Waals surface area contributed by atoms with Crippen LogP contribution in [0.3, 0.4) is 0 Å². The average Bonchev–Trinajstić information content (AvgIpc) is 2.38. The van der Waals surface area contributed by atoms with Crippen LogP contribution in [0.4, 0.5) is 0 Å². The SMILES string of the molecule is CC1(C)CS(=O)(=O)N(CC2CCCNC2)C1=O. The molecule has 0 aromatic rings. The summed E-state index contributed by atoms with van der Waals surface area (Å²) in [5.74, 6) is -0.0432. The summed E-state index contributed by atoms with van der Waals surface area (Å²) < 4.78 is 25.0. The zero-order chi connectivity index (χ0) is 12.7. The molecule has 1 unspecified atom stereocenters. The number of nitrogens with zero attached hydrogens (tertiary/aromatic N) is 1. The monoisotopic (exact) mass is 260 g/mol. The Balaban J connectivity index is 2.11. The summed E-state index contributed by atoms with van der Waals surface area (Å²) in [4.78, 5) is 12.0. The molecular formula is C11H20N2O3S. The second-order valence-electron chi connectivity index (χ2n) is 5.69. The molecule has 2 aliphatic rings. The lowest BCUT2D eigenvalue weighted by Crippen LogP contribution is -2.41. The predicted octanol–water partition coefficient (Wildman–Crippen LogP) is 0.184. The van der Waals surface area contributed by atoms with E-state index in [1.54, 1.807) is 13.8 Å². The first-order valence-electron chi connectivity index (χ1n) is 6.08. The van der Waals surface area contributed by atoms with Crippen molar-refractivity contribution in [3.05, 3.63) is 0 Å². The number of sulfonamides is 1. The van der Waals surface area contributed by atoms with E-state index in [-0.39, 0.29) is 17.6 Å². The molecule has 0 aromatic carbocycles. The molecule has 1 amide bonds. The maximum Gasteiger partial charge on any atom is 0.242 e. The molecule has 2 rings (SSSR count). The summed E-state index contributed by atoms with van der Waals surface area (Å²) in [5.41, 5.74) is -0.763. The van der Waals surface area contributed by atoms with Crippen LogP contribution in [0, 0.1) is 11.3 Å². The second kappa shape index (κ2) is 4.24. The fourth-order valence-electron chi connectivity index (χ4n) is 2.57. The van der Waals surface area contributed by atoms with E-state index in [0.29, 0.717) is 6.54 Å². The molecular weight excluding hydrogens is 240 g/mol. The summed E-state index contributed by atoms with van der Waals surface area (Å²) in [7, 11) is -3.39. The molecule has 2 aliphatic heterocycles. The Kier molecular flexibility index (Phi) is 3.20. The molecule has 0 spiro atoms. The number of carbonyl (C=O) groups is 1. The summed E-state index contributed by atoms with van der Waals surface area (Å²) in [6.07, 6.45) is 2.04. The van der Waals surface area contributed by atoms with Gasteiger partial charge in [-0.1, -0.05) is 0 Å². The number of hydrogen-bond acceptors (Lipinski definition) is 4. The quantitative estimate of drug-likeness (QED) is 0.769. The van der Waals surface area contributed by atoms with Gasteiger partial charge in [-0.25, -0.2) is 12.7 Å². The summed E-state index contributed by atoms with van der Waals surface area (Å²) in [6, 6.07) is 0. The highest BCUT2D eigenvalue weighted by Gasteiger charge is 2.49. The third-order valence-corrected chi connectivity index (χ3v) is 5.58. The van der Waals surface area contributed by atoms with Gasteiger partial charge in [-0.05, 0) is 45.7 Å². The fourth-order valence-corrected chi connectivity index (χ4v) is 4.70. The predicted molar refractivity (Wildman–Crippen MR) is 64.9 cm³/mol. The van der Waals surface area contributed by atoms with Crippen molar-refractivity contribution in [2.75, 3.05) is 25.4 Å². The van der Waals surface area contributed by atoms with Crippen LogP contribution in [0.5, 0.6) is 0 Å². The van der Waals surface area contributed by atoms with Gasteiger partial charge in [0.2, 0.25) is 15.9 Å². The first kappa shape index (κ1) is 12.8. The van der Waals surface area contributed by atoms with Gasteiger partial charge in [-0.3, -0.25) is 4.79 Å². The Morgan fingerprint density at radius 1 is 1.47 bits per heavy atom. The van der Waals surface area contributed by atoms with Crippen LogP contribution >= 0.6 is 0 Å². The Morgan fingerprint density at radius 3 is 2.65 bits per heavy atom. The van der Waals surface area contributed by atoms with E-state index in [9.17, 15) is 13.2 Å². The van der Waals surface area contributed by atoms with Gasteiger partial charge in [-0.2, -0.15) is 0 Å². The largest absolute Gasteiger partial charge is 0.316 e. The molecule has 0 bridgehead atoms.